The molecule has 0 aliphatic carbocycles. The number of halogens is 4. The number of aliphatic hydroxyl groups excluding tert-OH is 1. The molecule has 2 heterocycles. The van der Waals surface area contributed by atoms with Crippen molar-refractivity contribution in [2.24, 2.45) is 0 Å². The number of alkyl halides is 3. The molecule has 2 rings (SSSR count). The van der Waals surface area contributed by atoms with Gasteiger partial charge < -0.3 is 10.0 Å². The Balaban J connectivity index is 2.45. The summed E-state index contributed by atoms with van der Waals surface area (Å²) in [6.07, 6.45) is -4.71. The number of pyridine rings is 1. The van der Waals surface area contributed by atoms with Crippen LogP contribution in [0.2, 0.25) is 0 Å². The number of carbonyl (C=O) groups excluding carboxylic acids is 1. The number of aromatic nitrogens is 1. The number of nitrogens with zero attached hydrogens (tertiary/aromatic N) is 3. The Morgan fingerprint density at radius 3 is 2.63 bits per heavy atom. The Kier molecular flexibility index (Phi) is 3.60. The molecule has 1 aliphatic heterocycles. The van der Waals surface area contributed by atoms with Crippen LogP contribution in [0.25, 0.3) is 0 Å². The molecule has 19 heavy (non-hydrogen) atoms. The van der Waals surface area contributed by atoms with Crippen LogP contribution in [0.5, 0.6) is 0 Å². The van der Waals surface area contributed by atoms with Crippen LogP contribution in [0.15, 0.2) is 12.3 Å². The van der Waals surface area contributed by atoms with Crippen molar-refractivity contribution in [3.63, 3.8) is 0 Å². The van der Waals surface area contributed by atoms with Crippen LogP contribution in [-0.4, -0.2) is 40.8 Å². The number of β-amino-alcohol motifs (C(OH)–C–C–N with tert-alkyl or cyclic N) is 1. The fraction of sp³-hybridized carbons (Fsp3) is 0.400. The maximum atomic E-state index is 12.8. The van der Waals surface area contributed by atoms with Crippen LogP contribution in [-0.2, 0) is 6.18 Å². The summed E-state index contributed by atoms with van der Waals surface area (Å²) in [4.78, 5) is 17.6. The van der Waals surface area contributed by atoms with Crippen molar-refractivity contribution >= 4 is 34.4 Å². The van der Waals surface area contributed by atoms with E-state index in [2.05, 4.69) is 4.98 Å². The average molecular weight is 387 g/mol. The molecular formula is C10H9F3IN3O2. The lowest BCUT2D eigenvalue weighted by Crippen LogP contribution is -2.35. The fourth-order valence-corrected chi connectivity index (χ4v) is 2.34. The van der Waals surface area contributed by atoms with Crippen molar-refractivity contribution in [1.29, 1.82) is 0 Å². The summed E-state index contributed by atoms with van der Waals surface area (Å²) in [7, 11) is 1.45. The molecular weight excluding hydrogens is 378 g/mol. The molecule has 0 radical (unpaired) electrons. The molecule has 2 amide bonds. The molecule has 1 saturated heterocycles. The number of anilines is 1. The van der Waals surface area contributed by atoms with Crippen LogP contribution >= 0.6 is 22.6 Å². The van der Waals surface area contributed by atoms with Gasteiger partial charge in [0.1, 0.15) is 5.82 Å². The van der Waals surface area contributed by atoms with E-state index in [4.69, 9.17) is 0 Å². The molecule has 1 fully saturated rings. The molecule has 1 atom stereocenters. The molecule has 1 aromatic rings. The SMILES string of the molecule is CN1CC(O)N(c2cc(C(F)(F)F)c(I)cn2)C1=O. The third-order valence-electron chi connectivity index (χ3n) is 2.66. The third-order valence-corrected chi connectivity index (χ3v) is 3.52. The maximum absolute atomic E-state index is 12.8. The lowest BCUT2D eigenvalue weighted by Gasteiger charge is -2.19. The third kappa shape index (κ3) is 2.61. The number of hydrogen-bond acceptors (Lipinski definition) is 3. The quantitative estimate of drug-likeness (QED) is 0.750. The van der Waals surface area contributed by atoms with E-state index in [0.717, 1.165) is 17.2 Å². The zero-order chi connectivity index (χ0) is 14.4. The van der Waals surface area contributed by atoms with E-state index in [9.17, 15) is 23.1 Å². The lowest BCUT2D eigenvalue weighted by molar-refractivity contribution is -0.138. The number of likely N-dealkylation sites (N-methyl/N-ethyl adjacent to an activating group) is 1. The van der Waals surface area contributed by atoms with E-state index in [1.54, 1.807) is 0 Å². The van der Waals surface area contributed by atoms with Crippen molar-refractivity contribution in [3.8, 4) is 0 Å². The Labute approximate surface area is 120 Å². The van der Waals surface area contributed by atoms with Gasteiger partial charge in [-0.1, -0.05) is 0 Å². The molecule has 9 heteroatoms. The van der Waals surface area contributed by atoms with Crippen LogP contribution in [0.1, 0.15) is 5.56 Å². The minimum atomic E-state index is -4.53. The number of urea groups is 1. The van der Waals surface area contributed by atoms with E-state index in [1.165, 1.54) is 34.5 Å². The Hall–Kier alpha value is -1.10. The van der Waals surface area contributed by atoms with Gasteiger partial charge in [0, 0.05) is 16.8 Å². The van der Waals surface area contributed by atoms with E-state index < -0.39 is 24.0 Å². The van der Waals surface area contributed by atoms with Gasteiger partial charge in [-0.15, -0.1) is 0 Å². The van der Waals surface area contributed by atoms with Gasteiger partial charge in [0.25, 0.3) is 0 Å². The Bertz CT molecular complexity index is 523. The first kappa shape index (κ1) is 14.3. The van der Waals surface area contributed by atoms with Crippen LogP contribution in [0.3, 0.4) is 0 Å². The van der Waals surface area contributed by atoms with E-state index in [0.29, 0.717) is 0 Å². The number of hydrogen-bond donors (Lipinski definition) is 1. The van der Waals surface area contributed by atoms with Crippen molar-refractivity contribution in [3.05, 3.63) is 21.4 Å². The molecule has 1 aromatic heterocycles. The summed E-state index contributed by atoms with van der Waals surface area (Å²) in [6.45, 7) is 0.0217. The molecule has 0 aromatic carbocycles. The summed E-state index contributed by atoms with van der Waals surface area (Å²) in [6, 6.07) is 0.177. The van der Waals surface area contributed by atoms with Gasteiger partial charge in [0.2, 0.25) is 0 Å². The smallest absolute Gasteiger partial charge is 0.371 e. The monoisotopic (exact) mass is 387 g/mol. The Morgan fingerprint density at radius 1 is 1.53 bits per heavy atom. The van der Waals surface area contributed by atoms with Crippen LogP contribution in [0.4, 0.5) is 23.8 Å². The minimum Gasteiger partial charge on any atom is -0.371 e. The predicted molar refractivity (Wildman–Crippen MR) is 68.5 cm³/mol. The fourth-order valence-electron chi connectivity index (χ4n) is 1.74. The summed E-state index contributed by atoms with van der Waals surface area (Å²) in [5, 5.41) is 9.69. The van der Waals surface area contributed by atoms with E-state index in [-0.39, 0.29) is 15.9 Å². The second-order valence-corrected chi connectivity index (χ2v) is 5.20. The number of aliphatic hydroxyl groups is 1. The zero-order valence-corrected chi connectivity index (χ0v) is 11.8. The number of rotatable bonds is 1. The first-order valence-corrected chi connectivity index (χ1v) is 6.25. The summed E-state index contributed by atoms with van der Waals surface area (Å²) >= 11 is 1.52. The highest BCUT2D eigenvalue weighted by atomic mass is 127. The van der Waals surface area contributed by atoms with Gasteiger partial charge in [0.15, 0.2) is 6.23 Å². The first-order chi connectivity index (χ1) is 8.71. The van der Waals surface area contributed by atoms with Crippen molar-refractivity contribution in [1.82, 2.24) is 9.88 Å². The summed E-state index contributed by atoms with van der Waals surface area (Å²) in [5.74, 6) is -0.213. The molecule has 1 unspecified atom stereocenters. The van der Waals surface area contributed by atoms with Crippen molar-refractivity contribution in [2.75, 3.05) is 18.5 Å². The molecule has 1 aliphatic rings. The van der Waals surface area contributed by atoms with Gasteiger partial charge in [0.05, 0.1) is 12.1 Å². The van der Waals surface area contributed by atoms with Crippen LogP contribution < -0.4 is 4.90 Å². The van der Waals surface area contributed by atoms with Crippen LogP contribution in [0, 0.1) is 3.57 Å². The highest BCUT2D eigenvalue weighted by Gasteiger charge is 2.38. The maximum Gasteiger partial charge on any atom is 0.417 e. The van der Waals surface area contributed by atoms with Gasteiger partial charge in [-0.3, -0.25) is 0 Å². The number of amides is 2. The second kappa shape index (κ2) is 4.78. The minimum absolute atomic E-state index is 0.0217. The highest BCUT2D eigenvalue weighted by Crippen LogP contribution is 2.35. The molecule has 104 valence electrons. The average Bonchev–Trinajstić information content (AvgIpc) is 2.53. The van der Waals surface area contributed by atoms with Gasteiger partial charge in [-0.05, 0) is 28.7 Å². The van der Waals surface area contributed by atoms with Gasteiger partial charge in [-0.25, -0.2) is 14.7 Å². The topological polar surface area (TPSA) is 56.7 Å². The second-order valence-electron chi connectivity index (χ2n) is 4.03. The first-order valence-electron chi connectivity index (χ1n) is 5.17. The lowest BCUT2D eigenvalue weighted by atomic mass is 10.2. The number of carbonyl (C=O) groups is 1. The highest BCUT2D eigenvalue weighted by molar-refractivity contribution is 14.1. The molecule has 0 spiro atoms. The van der Waals surface area contributed by atoms with Gasteiger partial charge in [-0.2, -0.15) is 13.2 Å². The van der Waals surface area contributed by atoms with Crippen molar-refractivity contribution < 1.29 is 23.1 Å². The van der Waals surface area contributed by atoms with Crippen molar-refractivity contribution in [2.45, 2.75) is 12.4 Å². The van der Waals surface area contributed by atoms with E-state index >= 15 is 0 Å². The molecule has 5 nitrogen and oxygen atoms in total. The zero-order valence-electron chi connectivity index (χ0n) is 9.65. The normalized spacial score (nSPS) is 20.3. The Morgan fingerprint density at radius 2 is 2.16 bits per heavy atom. The predicted octanol–water partition coefficient (Wildman–Crippen LogP) is 1.90. The standard InChI is InChI=1S/C10H9F3IN3O2/c1-16-4-8(18)17(9(16)19)7-2-5(10(11,12)13)6(14)3-15-7/h2-3,8,18H,4H2,1H3. The van der Waals surface area contributed by atoms with Gasteiger partial charge >= 0.3 is 12.2 Å². The largest absolute Gasteiger partial charge is 0.417 e. The molecule has 1 N–H and O–H groups in total. The van der Waals surface area contributed by atoms with E-state index in [1.807, 2.05) is 0 Å². The molecule has 0 bridgehead atoms. The summed E-state index contributed by atoms with van der Waals surface area (Å²) < 4.78 is 38.3. The summed E-state index contributed by atoms with van der Waals surface area (Å²) in [5.41, 5.74) is -0.882. The molecule has 0 saturated carbocycles.